The Kier molecular flexibility index (Phi) is 7.31. The first kappa shape index (κ1) is 25.1. The molecule has 190 valence electrons. The highest BCUT2D eigenvalue weighted by atomic mass is 35.5. The summed E-state index contributed by atoms with van der Waals surface area (Å²) in [5, 5.41) is 5.37. The van der Waals surface area contributed by atoms with Gasteiger partial charge in [0, 0.05) is 34.8 Å². The summed E-state index contributed by atoms with van der Waals surface area (Å²) in [5.41, 5.74) is 3.68. The van der Waals surface area contributed by atoms with E-state index >= 15 is 0 Å². The normalized spacial score (nSPS) is 14.0. The molecule has 0 N–H and O–H groups in total. The van der Waals surface area contributed by atoms with Crippen molar-refractivity contribution in [2.75, 3.05) is 25.2 Å². The third-order valence-corrected chi connectivity index (χ3v) is 7.27. The summed E-state index contributed by atoms with van der Waals surface area (Å²) >= 11 is 6.05. The second-order valence-electron chi connectivity index (χ2n) is 9.33. The van der Waals surface area contributed by atoms with E-state index in [1.807, 2.05) is 60.5 Å². The SMILES string of the molecule is COc1ccc2c(c1)c(CC(=O)N(c1ccccc1)N1CCCCC1)c(C)n2C(=O)c1ccc(Cl)cc1. The van der Waals surface area contributed by atoms with Gasteiger partial charge in [0.25, 0.3) is 5.91 Å². The topological polar surface area (TPSA) is 54.8 Å². The number of hydrogen-bond donors (Lipinski definition) is 0. The molecule has 0 radical (unpaired) electrons. The Morgan fingerprint density at radius 3 is 2.32 bits per heavy atom. The Balaban J connectivity index is 1.58. The number of hydrogen-bond acceptors (Lipinski definition) is 4. The van der Waals surface area contributed by atoms with Gasteiger partial charge in [-0.25, -0.2) is 10.0 Å². The number of rotatable bonds is 6. The van der Waals surface area contributed by atoms with Crippen molar-refractivity contribution in [2.24, 2.45) is 0 Å². The first-order valence-electron chi connectivity index (χ1n) is 12.6. The van der Waals surface area contributed by atoms with Crippen molar-refractivity contribution in [1.29, 1.82) is 0 Å². The van der Waals surface area contributed by atoms with Crippen LogP contribution in [0.4, 0.5) is 5.69 Å². The van der Waals surface area contributed by atoms with E-state index in [1.165, 1.54) is 6.42 Å². The second-order valence-corrected chi connectivity index (χ2v) is 9.76. The van der Waals surface area contributed by atoms with E-state index in [0.717, 1.165) is 53.8 Å². The smallest absolute Gasteiger partial charge is 0.262 e. The zero-order valence-corrected chi connectivity index (χ0v) is 21.9. The molecule has 1 amide bonds. The number of carbonyl (C=O) groups is 2. The highest BCUT2D eigenvalue weighted by molar-refractivity contribution is 6.30. The van der Waals surface area contributed by atoms with E-state index in [0.29, 0.717) is 16.3 Å². The zero-order valence-electron chi connectivity index (χ0n) is 21.1. The van der Waals surface area contributed by atoms with Crippen molar-refractivity contribution >= 4 is 40.0 Å². The molecule has 1 saturated heterocycles. The molecule has 1 aliphatic heterocycles. The van der Waals surface area contributed by atoms with E-state index in [9.17, 15) is 9.59 Å². The van der Waals surface area contributed by atoms with Gasteiger partial charge in [0.2, 0.25) is 5.91 Å². The molecule has 1 aliphatic rings. The number of fused-ring (bicyclic) bond motifs is 1. The molecule has 1 aromatic heterocycles. The minimum absolute atomic E-state index is 0.0305. The van der Waals surface area contributed by atoms with Crippen molar-refractivity contribution in [1.82, 2.24) is 9.58 Å². The summed E-state index contributed by atoms with van der Waals surface area (Å²) in [6.07, 6.45) is 3.44. The van der Waals surface area contributed by atoms with Gasteiger partial charge in [0.15, 0.2) is 0 Å². The number of ether oxygens (including phenoxy) is 1. The number of benzene rings is 3. The van der Waals surface area contributed by atoms with Crippen LogP contribution < -0.4 is 9.75 Å². The van der Waals surface area contributed by atoms with E-state index in [4.69, 9.17) is 16.3 Å². The number of nitrogens with zero attached hydrogens (tertiary/aromatic N) is 3. The largest absolute Gasteiger partial charge is 0.497 e. The predicted octanol–water partition coefficient (Wildman–Crippen LogP) is 6.28. The average molecular weight is 516 g/mol. The molecule has 3 aromatic carbocycles. The zero-order chi connectivity index (χ0) is 25.9. The van der Waals surface area contributed by atoms with E-state index < -0.39 is 0 Å². The van der Waals surface area contributed by atoms with Crippen LogP contribution in [0.1, 0.15) is 40.9 Å². The third-order valence-electron chi connectivity index (χ3n) is 7.02. The molecule has 0 bridgehead atoms. The van der Waals surface area contributed by atoms with Gasteiger partial charge in [0.1, 0.15) is 5.75 Å². The number of carbonyl (C=O) groups excluding carboxylic acids is 2. The summed E-state index contributed by atoms with van der Waals surface area (Å²) < 4.78 is 7.18. The number of methoxy groups -OCH3 is 1. The maximum Gasteiger partial charge on any atom is 0.262 e. The van der Waals surface area contributed by atoms with Crippen molar-refractivity contribution in [3.05, 3.63) is 94.6 Å². The second kappa shape index (κ2) is 10.8. The van der Waals surface area contributed by atoms with Crippen LogP contribution in [0.2, 0.25) is 5.02 Å². The fourth-order valence-corrected chi connectivity index (χ4v) is 5.26. The number of piperidine rings is 1. The molecule has 7 heteroatoms. The van der Waals surface area contributed by atoms with Gasteiger partial charge in [0.05, 0.1) is 24.7 Å². The van der Waals surface area contributed by atoms with Crippen LogP contribution in [0.3, 0.4) is 0 Å². The molecule has 37 heavy (non-hydrogen) atoms. The van der Waals surface area contributed by atoms with Gasteiger partial charge in [-0.05, 0) is 79.9 Å². The van der Waals surface area contributed by atoms with Gasteiger partial charge in [-0.1, -0.05) is 36.2 Å². The van der Waals surface area contributed by atoms with Crippen LogP contribution in [0.25, 0.3) is 10.9 Å². The molecule has 5 rings (SSSR count). The van der Waals surface area contributed by atoms with Gasteiger partial charge in [-0.15, -0.1) is 0 Å². The quantitative estimate of drug-likeness (QED) is 0.303. The molecule has 0 unspecified atom stereocenters. The van der Waals surface area contributed by atoms with E-state index in [2.05, 4.69) is 5.01 Å². The minimum atomic E-state index is -0.168. The Hall–Kier alpha value is -3.61. The van der Waals surface area contributed by atoms with Crippen LogP contribution in [0, 0.1) is 6.92 Å². The molecule has 0 spiro atoms. The van der Waals surface area contributed by atoms with Crippen molar-refractivity contribution in [3.63, 3.8) is 0 Å². The highest BCUT2D eigenvalue weighted by Crippen LogP contribution is 2.32. The van der Waals surface area contributed by atoms with Gasteiger partial charge in [-0.3, -0.25) is 14.2 Å². The first-order valence-corrected chi connectivity index (χ1v) is 13.0. The number of para-hydroxylation sites is 1. The van der Waals surface area contributed by atoms with Crippen LogP contribution >= 0.6 is 11.6 Å². The first-order chi connectivity index (χ1) is 18.0. The lowest BCUT2D eigenvalue weighted by atomic mass is 10.1. The van der Waals surface area contributed by atoms with Crippen molar-refractivity contribution in [3.8, 4) is 5.75 Å². The van der Waals surface area contributed by atoms with Gasteiger partial charge >= 0.3 is 0 Å². The van der Waals surface area contributed by atoms with Gasteiger partial charge < -0.3 is 4.74 Å². The van der Waals surface area contributed by atoms with E-state index in [1.54, 1.807) is 35.9 Å². The molecule has 6 nitrogen and oxygen atoms in total. The van der Waals surface area contributed by atoms with Crippen LogP contribution in [-0.2, 0) is 11.2 Å². The summed E-state index contributed by atoms with van der Waals surface area (Å²) in [4.78, 5) is 27.6. The number of hydrazine groups is 1. The van der Waals surface area contributed by atoms with Crippen LogP contribution in [0.5, 0.6) is 5.75 Å². The third kappa shape index (κ3) is 4.99. The predicted molar refractivity (Wildman–Crippen MR) is 147 cm³/mol. The maximum absolute atomic E-state index is 14.0. The summed E-state index contributed by atoms with van der Waals surface area (Å²) in [6, 6.07) is 22.3. The lowest BCUT2D eigenvalue weighted by Crippen LogP contribution is -2.49. The number of amides is 1. The molecule has 4 aromatic rings. The molecular weight excluding hydrogens is 486 g/mol. The van der Waals surface area contributed by atoms with E-state index in [-0.39, 0.29) is 18.2 Å². The van der Waals surface area contributed by atoms with Crippen LogP contribution in [-0.4, -0.2) is 41.6 Å². The number of aromatic nitrogens is 1. The lowest BCUT2D eigenvalue weighted by molar-refractivity contribution is -0.121. The Morgan fingerprint density at radius 2 is 1.65 bits per heavy atom. The molecule has 2 heterocycles. The molecule has 0 saturated carbocycles. The fourth-order valence-electron chi connectivity index (χ4n) is 5.13. The summed E-state index contributed by atoms with van der Waals surface area (Å²) in [5.74, 6) is 0.476. The molecule has 0 atom stereocenters. The highest BCUT2D eigenvalue weighted by Gasteiger charge is 2.28. The van der Waals surface area contributed by atoms with Crippen molar-refractivity contribution in [2.45, 2.75) is 32.6 Å². The minimum Gasteiger partial charge on any atom is -0.497 e. The monoisotopic (exact) mass is 515 g/mol. The molecule has 1 fully saturated rings. The average Bonchev–Trinajstić information content (AvgIpc) is 3.20. The molecular formula is C30H30ClN3O3. The van der Waals surface area contributed by atoms with Crippen molar-refractivity contribution < 1.29 is 14.3 Å². The van der Waals surface area contributed by atoms with Gasteiger partial charge in [-0.2, -0.15) is 0 Å². The molecule has 0 aliphatic carbocycles. The standard InChI is InChI=1S/C30H30ClN3O3/c1-21-26(20-29(35)34(24-9-5-3-6-10-24)32-17-7-4-8-18-32)27-19-25(37-2)15-16-28(27)33(21)30(36)22-11-13-23(31)14-12-22/h3,5-6,9-16,19H,4,7-8,17-18,20H2,1-2H3. The number of halogens is 1. The van der Waals surface area contributed by atoms with Crippen LogP contribution in [0.15, 0.2) is 72.8 Å². The summed E-state index contributed by atoms with van der Waals surface area (Å²) in [7, 11) is 1.61. The summed E-state index contributed by atoms with van der Waals surface area (Å²) in [6.45, 7) is 3.57. The Labute approximate surface area is 222 Å². The Morgan fingerprint density at radius 1 is 0.946 bits per heavy atom. The fraction of sp³-hybridized carbons (Fsp3) is 0.267. The maximum atomic E-state index is 14.0. The number of anilines is 1. The Bertz CT molecular complexity index is 1420. The lowest BCUT2D eigenvalue weighted by Gasteiger charge is -2.37.